The largest absolute Gasteiger partial charge is 0.759 e. The van der Waals surface area contributed by atoms with Crippen LogP contribution >= 0.6 is 0 Å². The number of aliphatic carboxylic acids is 1. The number of piperazine rings is 1. The highest BCUT2D eigenvalue weighted by atomic mass is 32.2. The minimum Gasteiger partial charge on any atom is -0.759 e. The SMILES string of the molecule is CC(CC(=O)O)N(N1CCN(c2ccc(C#Cc3ccc4c(C(F)(F)F)cccc4c3)cc2)CC1)S(=O)[O-]. The summed E-state index contributed by atoms with van der Waals surface area (Å²) in [4.78, 5) is 13.1. The highest BCUT2D eigenvalue weighted by molar-refractivity contribution is 7.76. The molecule has 1 aliphatic rings. The maximum Gasteiger partial charge on any atom is 0.417 e. The number of rotatable bonds is 6. The lowest BCUT2D eigenvalue weighted by molar-refractivity contribution is -0.139. The number of hydrazine groups is 1. The van der Waals surface area contributed by atoms with Gasteiger partial charge in [-0.05, 0) is 60.2 Å². The van der Waals surface area contributed by atoms with Crippen molar-refractivity contribution in [2.75, 3.05) is 31.1 Å². The molecule has 1 fully saturated rings. The molecule has 4 rings (SSSR count). The lowest BCUT2D eigenvalue weighted by Gasteiger charge is -2.44. The van der Waals surface area contributed by atoms with E-state index < -0.39 is 35.0 Å². The molecule has 0 spiro atoms. The molecule has 1 saturated heterocycles. The number of carboxylic acid groups (broad SMARTS) is 1. The Morgan fingerprint density at radius 1 is 1.05 bits per heavy atom. The first-order valence-corrected chi connectivity index (χ1v) is 12.9. The molecule has 0 amide bonds. The average Bonchev–Trinajstić information content (AvgIpc) is 2.86. The summed E-state index contributed by atoms with van der Waals surface area (Å²) < 4.78 is 64.2. The summed E-state index contributed by atoms with van der Waals surface area (Å²) in [6.07, 6.45) is -4.71. The number of alkyl halides is 3. The van der Waals surface area contributed by atoms with Crippen molar-refractivity contribution in [3.63, 3.8) is 0 Å². The zero-order valence-corrected chi connectivity index (χ0v) is 21.3. The predicted octanol–water partition coefficient (Wildman–Crippen LogP) is 4.25. The van der Waals surface area contributed by atoms with Crippen LogP contribution in [0.3, 0.4) is 0 Å². The lowest BCUT2D eigenvalue weighted by Crippen LogP contribution is -2.57. The van der Waals surface area contributed by atoms with Crippen LogP contribution in [0.1, 0.15) is 30.0 Å². The second-order valence-corrected chi connectivity index (χ2v) is 9.75. The third-order valence-corrected chi connectivity index (χ3v) is 7.20. The molecule has 38 heavy (non-hydrogen) atoms. The molecule has 200 valence electrons. The molecule has 1 aliphatic heterocycles. The van der Waals surface area contributed by atoms with Gasteiger partial charge in [-0.25, -0.2) is 5.01 Å². The van der Waals surface area contributed by atoms with Gasteiger partial charge in [-0.1, -0.05) is 30.0 Å². The summed E-state index contributed by atoms with van der Waals surface area (Å²) in [5.41, 5.74) is 1.62. The van der Waals surface area contributed by atoms with Crippen molar-refractivity contribution in [3.05, 3.63) is 77.4 Å². The number of hydrogen-bond acceptors (Lipinski definition) is 5. The number of benzene rings is 3. The number of anilines is 1. The fourth-order valence-corrected chi connectivity index (χ4v) is 5.23. The first-order chi connectivity index (χ1) is 18.0. The maximum absolute atomic E-state index is 13.2. The third-order valence-electron chi connectivity index (χ3n) is 6.30. The number of hydrogen-bond donors (Lipinski definition) is 1. The standard InChI is InChI=1S/C27H26F3N3O4S/c1-19(17-26(34)35)33(38(36)37)32-15-13-31(14-16-32)23-10-7-20(8-11-23)5-6-21-9-12-24-22(18-21)3-2-4-25(24)27(28,29)30/h2-4,7-12,18-19H,13-17H2,1H3,(H,34,35)(H,36,37)/p-1. The molecule has 0 saturated carbocycles. The van der Waals surface area contributed by atoms with Crippen LogP contribution in [0.2, 0.25) is 0 Å². The van der Waals surface area contributed by atoms with Crippen LogP contribution < -0.4 is 4.90 Å². The van der Waals surface area contributed by atoms with Gasteiger partial charge >= 0.3 is 12.1 Å². The molecule has 0 aromatic heterocycles. The van der Waals surface area contributed by atoms with Gasteiger partial charge in [0.2, 0.25) is 0 Å². The van der Waals surface area contributed by atoms with E-state index in [9.17, 15) is 26.7 Å². The normalized spacial score (nSPS) is 16.2. The van der Waals surface area contributed by atoms with Gasteiger partial charge in [-0.3, -0.25) is 9.00 Å². The van der Waals surface area contributed by atoms with Gasteiger partial charge in [-0.15, -0.1) is 0 Å². The topological polar surface area (TPSA) is 87.2 Å². The molecular formula is C27H25F3N3O4S-. The fraction of sp³-hybridized carbons (Fsp3) is 0.296. The van der Waals surface area contributed by atoms with Crippen LogP contribution in [-0.2, 0) is 22.2 Å². The van der Waals surface area contributed by atoms with E-state index in [1.807, 2.05) is 24.3 Å². The summed E-state index contributed by atoms with van der Waals surface area (Å²) >= 11 is -2.58. The molecule has 3 aromatic carbocycles. The van der Waals surface area contributed by atoms with E-state index in [1.165, 1.54) is 12.1 Å². The Labute approximate surface area is 220 Å². The van der Waals surface area contributed by atoms with Gasteiger partial charge in [-0.2, -0.15) is 17.6 Å². The number of carboxylic acids is 1. The molecule has 1 N–H and O–H groups in total. The average molecular weight is 545 g/mol. The molecule has 7 nitrogen and oxygen atoms in total. The van der Waals surface area contributed by atoms with E-state index in [0.717, 1.165) is 21.7 Å². The van der Waals surface area contributed by atoms with Crippen LogP contribution in [-0.4, -0.2) is 61.5 Å². The molecule has 11 heteroatoms. The van der Waals surface area contributed by atoms with Crippen LogP contribution in [0.4, 0.5) is 18.9 Å². The second kappa shape index (κ2) is 11.5. The maximum atomic E-state index is 13.2. The summed E-state index contributed by atoms with van der Waals surface area (Å²) in [5.74, 6) is 4.98. The summed E-state index contributed by atoms with van der Waals surface area (Å²) in [6, 6.07) is 15.6. The van der Waals surface area contributed by atoms with Crippen molar-refractivity contribution in [3.8, 4) is 11.8 Å². The first kappa shape index (κ1) is 27.6. The van der Waals surface area contributed by atoms with Crippen molar-refractivity contribution in [1.82, 2.24) is 9.42 Å². The molecule has 0 radical (unpaired) electrons. The molecule has 0 aliphatic carbocycles. The quantitative estimate of drug-likeness (QED) is 0.369. The van der Waals surface area contributed by atoms with Gasteiger partial charge in [0.1, 0.15) is 0 Å². The van der Waals surface area contributed by atoms with Gasteiger partial charge in [0.05, 0.1) is 12.0 Å². The Kier molecular flexibility index (Phi) is 8.38. The van der Waals surface area contributed by atoms with Crippen molar-refractivity contribution >= 4 is 33.7 Å². The third kappa shape index (κ3) is 6.52. The van der Waals surface area contributed by atoms with E-state index in [1.54, 1.807) is 30.1 Å². The molecule has 3 aromatic rings. The Hall–Kier alpha value is -3.43. The van der Waals surface area contributed by atoms with Crippen molar-refractivity contribution in [2.45, 2.75) is 25.6 Å². The Bertz CT molecular complexity index is 1390. The van der Waals surface area contributed by atoms with Gasteiger partial charge < -0.3 is 14.6 Å². The number of carbonyl (C=O) groups is 1. The Balaban J connectivity index is 1.41. The van der Waals surface area contributed by atoms with Crippen LogP contribution in [0, 0.1) is 11.8 Å². The van der Waals surface area contributed by atoms with Crippen molar-refractivity contribution < 1.29 is 31.8 Å². The van der Waals surface area contributed by atoms with Crippen LogP contribution in [0.5, 0.6) is 0 Å². The number of fused-ring (bicyclic) bond motifs is 1. The number of nitrogens with zero attached hydrogens (tertiary/aromatic N) is 3. The zero-order chi connectivity index (χ0) is 27.4. The molecule has 0 bridgehead atoms. The number of halogens is 3. The van der Waals surface area contributed by atoms with Gasteiger partial charge in [0.15, 0.2) is 0 Å². The van der Waals surface area contributed by atoms with E-state index in [-0.39, 0.29) is 11.8 Å². The summed E-state index contributed by atoms with van der Waals surface area (Å²) in [7, 11) is 0. The molecule has 2 atom stereocenters. The van der Waals surface area contributed by atoms with E-state index in [2.05, 4.69) is 16.7 Å². The van der Waals surface area contributed by atoms with Crippen molar-refractivity contribution in [2.24, 2.45) is 0 Å². The molecule has 2 unspecified atom stereocenters. The molecule has 1 heterocycles. The monoisotopic (exact) mass is 544 g/mol. The predicted molar refractivity (Wildman–Crippen MR) is 138 cm³/mol. The Morgan fingerprint density at radius 3 is 2.29 bits per heavy atom. The van der Waals surface area contributed by atoms with E-state index in [0.29, 0.717) is 37.1 Å². The highest BCUT2D eigenvalue weighted by Gasteiger charge is 2.32. The second-order valence-electron chi connectivity index (χ2n) is 8.94. The summed E-state index contributed by atoms with van der Waals surface area (Å²) in [6.45, 7) is 3.49. The van der Waals surface area contributed by atoms with E-state index >= 15 is 0 Å². The first-order valence-electron chi connectivity index (χ1n) is 11.8. The van der Waals surface area contributed by atoms with Crippen LogP contribution in [0.15, 0.2) is 60.7 Å². The van der Waals surface area contributed by atoms with Gasteiger partial charge in [0.25, 0.3) is 0 Å². The van der Waals surface area contributed by atoms with Crippen LogP contribution in [0.25, 0.3) is 10.8 Å². The highest BCUT2D eigenvalue weighted by Crippen LogP contribution is 2.34. The Morgan fingerprint density at radius 2 is 1.68 bits per heavy atom. The summed E-state index contributed by atoms with van der Waals surface area (Å²) in [5, 5.41) is 11.3. The zero-order valence-electron chi connectivity index (χ0n) is 20.4. The minimum atomic E-state index is -4.42. The minimum absolute atomic E-state index is 0.135. The van der Waals surface area contributed by atoms with Crippen molar-refractivity contribution in [1.29, 1.82) is 0 Å². The lowest BCUT2D eigenvalue weighted by atomic mass is 10.0. The van der Waals surface area contributed by atoms with Gasteiger partial charge in [0, 0.05) is 60.3 Å². The molecular weight excluding hydrogens is 519 g/mol. The van der Waals surface area contributed by atoms with E-state index in [4.69, 9.17) is 5.11 Å². The fourth-order valence-electron chi connectivity index (χ4n) is 4.51. The smallest absolute Gasteiger partial charge is 0.417 e.